The van der Waals surface area contributed by atoms with Crippen molar-refractivity contribution in [3.05, 3.63) is 42.2 Å². The van der Waals surface area contributed by atoms with Gasteiger partial charge in [0.25, 0.3) is 0 Å². The van der Waals surface area contributed by atoms with Crippen LogP contribution in [0.4, 0.5) is 13.2 Å². The molecule has 0 unspecified atom stereocenters. The molecule has 0 aliphatic carbocycles. The van der Waals surface area contributed by atoms with Crippen molar-refractivity contribution in [2.45, 2.75) is 25.0 Å². The zero-order chi connectivity index (χ0) is 24.4. The Labute approximate surface area is 189 Å². The summed E-state index contributed by atoms with van der Waals surface area (Å²) in [4.78, 5) is 16.6. The van der Waals surface area contributed by atoms with Crippen molar-refractivity contribution < 1.29 is 21.6 Å². The maximum Gasteiger partial charge on any atom is 0.417 e. The van der Waals surface area contributed by atoms with Crippen LogP contribution in [0.25, 0.3) is 34.0 Å². The number of imidazole rings is 1. The first kappa shape index (κ1) is 21.9. The molecule has 15 heteroatoms. The number of rotatable bonds is 4. The summed E-state index contributed by atoms with van der Waals surface area (Å²) in [7, 11) is -2.36. The van der Waals surface area contributed by atoms with Gasteiger partial charge in [-0.05, 0) is 13.0 Å². The zero-order valence-electron chi connectivity index (χ0n) is 18.0. The van der Waals surface area contributed by atoms with Crippen molar-refractivity contribution in [2.75, 3.05) is 5.75 Å². The average Bonchev–Trinajstić information content (AvgIpc) is 3.48. The standard InChI is InChI=1S/C19H16F3N9O2S/c1-4-34(32,33)18-14(16-23-6-5-13(31(16)28-18)30-10(2)25-9-26-30)17-27-12-7-11(19(20,21)22)8-24-15(12)29(17)3/h5-9H,4H2,1-3H3. The molecule has 0 bridgehead atoms. The first-order valence-electron chi connectivity index (χ1n) is 9.90. The number of alkyl halides is 3. The minimum Gasteiger partial charge on any atom is -0.312 e. The van der Waals surface area contributed by atoms with E-state index >= 15 is 0 Å². The Balaban J connectivity index is 1.86. The number of pyridine rings is 1. The predicted molar refractivity (Wildman–Crippen MR) is 113 cm³/mol. The van der Waals surface area contributed by atoms with Gasteiger partial charge in [0.15, 0.2) is 32.0 Å². The summed E-state index contributed by atoms with van der Waals surface area (Å²) >= 11 is 0. The molecule has 34 heavy (non-hydrogen) atoms. The van der Waals surface area contributed by atoms with Gasteiger partial charge >= 0.3 is 6.18 Å². The van der Waals surface area contributed by atoms with Crippen molar-refractivity contribution in [2.24, 2.45) is 7.05 Å². The lowest BCUT2D eigenvalue weighted by atomic mass is 10.2. The van der Waals surface area contributed by atoms with E-state index in [2.05, 4.69) is 30.1 Å². The molecule has 0 N–H and O–H groups in total. The number of aromatic nitrogens is 9. The third-order valence-electron chi connectivity index (χ3n) is 5.34. The van der Waals surface area contributed by atoms with Crippen LogP contribution in [0.2, 0.25) is 0 Å². The molecule has 176 valence electrons. The molecule has 5 aromatic heterocycles. The Morgan fingerprint density at radius 3 is 2.53 bits per heavy atom. The molecule has 0 saturated heterocycles. The molecule has 0 atom stereocenters. The number of nitrogens with zero attached hydrogens (tertiary/aromatic N) is 9. The second-order valence-corrected chi connectivity index (χ2v) is 9.59. The van der Waals surface area contributed by atoms with E-state index < -0.39 is 21.6 Å². The molecular formula is C19H16F3N9O2S. The fourth-order valence-corrected chi connectivity index (χ4v) is 4.58. The third kappa shape index (κ3) is 3.22. The van der Waals surface area contributed by atoms with E-state index in [1.54, 1.807) is 13.0 Å². The van der Waals surface area contributed by atoms with E-state index in [1.807, 2.05) is 0 Å². The van der Waals surface area contributed by atoms with Gasteiger partial charge in [-0.25, -0.2) is 28.4 Å². The molecule has 11 nitrogen and oxygen atoms in total. The topological polar surface area (TPSA) is 126 Å². The van der Waals surface area contributed by atoms with E-state index in [9.17, 15) is 21.6 Å². The minimum atomic E-state index is -4.61. The van der Waals surface area contributed by atoms with Crippen molar-refractivity contribution in [3.8, 4) is 17.2 Å². The number of halogens is 3. The lowest BCUT2D eigenvalue weighted by molar-refractivity contribution is -0.137. The highest BCUT2D eigenvalue weighted by Crippen LogP contribution is 2.35. The van der Waals surface area contributed by atoms with Gasteiger partial charge in [-0.3, -0.25) is 0 Å². The van der Waals surface area contributed by atoms with Crippen LogP contribution in [0.1, 0.15) is 18.3 Å². The summed E-state index contributed by atoms with van der Waals surface area (Å²) in [6.07, 6.45) is -1.11. The van der Waals surface area contributed by atoms with Crippen LogP contribution in [0.3, 0.4) is 0 Å². The van der Waals surface area contributed by atoms with Gasteiger partial charge in [0, 0.05) is 25.5 Å². The average molecular weight is 491 g/mol. The number of sulfone groups is 1. The summed E-state index contributed by atoms with van der Waals surface area (Å²) in [6, 6.07) is 2.45. The summed E-state index contributed by atoms with van der Waals surface area (Å²) in [5, 5.41) is 8.16. The lowest BCUT2D eigenvalue weighted by Crippen LogP contribution is -2.09. The summed E-state index contributed by atoms with van der Waals surface area (Å²) in [5.74, 6) is 0.692. The Kier molecular flexibility index (Phi) is 4.72. The highest BCUT2D eigenvalue weighted by Gasteiger charge is 2.33. The third-order valence-corrected chi connectivity index (χ3v) is 6.97. The van der Waals surface area contributed by atoms with Crippen LogP contribution in [-0.2, 0) is 23.1 Å². The minimum absolute atomic E-state index is 0.0465. The second-order valence-electron chi connectivity index (χ2n) is 7.40. The number of aryl methyl sites for hydroxylation is 2. The largest absolute Gasteiger partial charge is 0.417 e. The Hall–Kier alpha value is -3.88. The smallest absolute Gasteiger partial charge is 0.312 e. The molecule has 0 aliphatic rings. The van der Waals surface area contributed by atoms with Crippen molar-refractivity contribution >= 4 is 26.6 Å². The summed E-state index contributed by atoms with van der Waals surface area (Å²) in [5.41, 5.74) is -0.683. The Morgan fingerprint density at radius 1 is 1.12 bits per heavy atom. The quantitative estimate of drug-likeness (QED) is 0.375. The molecule has 0 amide bonds. The lowest BCUT2D eigenvalue weighted by Gasteiger charge is -2.06. The van der Waals surface area contributed by atoms with Crippen LogP contribution >= 0.6 is 0 Å². The van der Waals surface area contributed by atoms with Gasteiger partial charge in [0.1, 0.15) is 29.1 Å². The van der Waals surface area contributed by atoms with E-state index in [0.29, 0.717) is 17.8 Å². The molecule has 0 aliphatic heterocycles. The van der Waals surface area contributed by atoms with Crippen molar-refractivity contribution in [1.29, 1.82) is 0 Å². The highest BCUT2D eigenvalue weighted by molar-refractivity contribution is 7.91. The fraction of sp³-hybridized carbons (Fsp3) is 0.263. The Bertz CT molecular complexity index is 1680. The van der Waals surface area contributed by atoms with E-state index in [-0.39, 0.29) is 39.0 Å². The first-order valence-corrected chi connectivity index (χ1v) is 11.6. The number of fused-ring (bicyclic) bond motifs is 2. The van der Waals surface area contributed by atoms with Crippen LogP contribution in [-0.4, -0.2) is 58.1 Å². The zero-order valence-corrected chi connectivity index (χ0v) is 18.8. The summed E-state index contributed by atoms with van der Waals surface area (Å²) < 4.78 is 69.7. The predicted octanol–water partition coefficient (Wildman–Crippen LogP) is 2.38. The molecular weight excluding hydrogens is 475 g/mol. The van der Waals surface area contributed by atoms with Crippen molar-refractivity contribution in [1.82, 2.24) is 43.9 Å². The normalized spacial score (nSPS) is 12.8. The van der Waals surface area contributed by atoms with E-state index in [1.165, 1.54) is 40.3 Å². The highest BCUT2D eigenvalue weighted by atomic mass is 32.2. The van der Waals surface area contributed by atoms with Crippen molar-refractivity contribution in [3.63, 3.8) is 0 Å². The Morgan fingerprint density at radius 2 is 1.88 bits per heavy atom. The molecule has 0 saturated carbocycles. The van der Waals surface area contributed by atoms with Crippen LogP contribution in [0, 0.1) is 6.92 Å². The second kappa shape index (κ2) is 7.31. The molecule has 0 aromatic carbocycles. The van der Waals surface area contributed by atoms with Gasteiger partial charge in [0.05, 0.1) is 11.3 Å². The molecule has 0 fully saturated rings. The van der Waals surface area contributed by atoms with Gasteiger partial charge < -0.3 is 4.57 Å². The number of hydrogen-bond acceptors (Lipinski definition) is 8. The van der Waals surface area contributed by atoms with Gasteiger partial charge in [-0.2, -0.15) is 32.6 Å². The van der Waals surface area contributed by atoms with Crippen LogP contribution < -0.4 is 0 Å². The monoisotopic (exact) mass is 491 g/mol. The maximum atomic E-state index is 13.2. The molecule has 5 rings (SSSR count). The molecule has 5 heterocycles. The van der Waals surface area contributed by atoms with Crippen LogP contribution in [0.5, 0.6) is 0 Å². The van der Waals surface area contributed by atoms with Gasteiger partial charge in [-0.1, -0.05) is 6.92 Å². The SMILES string of the molecule is CCS(=O)(=O)c1nn2c(-n3ncnc3C)ccnc2c1-c1nc2cc(C(F)(F)F)cnc2n1C. The molecule has 0 spiro atoms. The van der Waals surface area contributed by atoms with Gasteiger partial charge in [-0.15, -0.1) is 0 Å². The molecule has 5 aromatic rings. The van der Waals surface area contributed by atoms with Gasteiger partial charge in [0.2, 0.25) is 0 Å². The maximum absolute atomic E-state index is 13.2. The molecule has 0 radical (unpaired) electrons. The summed E-state index contributed by atoms with van der Waals surface area (Å²) in [6.45, 7) is 3.17. The van der Waals surface area contributed by atoms with E-state index in [0.717, 1.165) is 6.07 Å². The fourth-order valence-electron chi connectivity index (χ4n) is 3.60. The number of hydrogen-bond donors (Lipinski definition) is 0. The van der Waals surface area contributed by atoms with Crippen LogP contribution in [0.15, 0.2) is 35.9 Å². The van der Waals surface area contributed by atoms with E-state index in [4.69, 9.17) is 0 Å². The first-order chi connectivity index (χ1) is 16.0.